The van der Waals surface area contributed by atoms with Gasteiger partial charge in [0.2, 0.25) is 5.91 Å². The maximum Gasteiger partial charge on any atom is 0.259 e. The Morgan fingerprint density at radius 1 is 0.944 bits per heavy atom. The molecule has 188 valence electrons. The van der Waals surface area contributed by atoms with Crippen LogP contribution in [0, 0.1) is 6.92 Å². The van der Waals surface area contributed by atoms with E-state index < -0.39 is 5.91 Å². The highest BCUT2D eigenvalue weighted by Gasteiger charge is 2.19. The summed E-state index contributed by atoms with van der Waals surface area (Å²) in [4.78, 5) is 39.8. The molecule has 9 heteroatoms. The van der Waals surface area contributed by atoms with Gasteiger partial charge < -0.3 is 25.7 Å². The van der Waals surface area contributed by atoms with E-state index in [1.54, 1.807) is 35.8 Å². The Hall–Kier alpha value is -3.95. The van der Waals surface area contributed by atoms with Crippen molar-refractivity contribution < 1.29 is 14.3 Å². The van der Waals surface area contributed by atoms with Crippen molar-refractivity contribution in [3.05, 3.63) is 87.3 Å². The molecule has 9 nitrogen and oxygen atoms in total. The molecule has 3 aromatic rings. The summed E-state index contributed by atoms with van der Waals surface area (Å²) in [5, 5.41) is 5.51. The molecule has 0 aliphatic carbocycles. The number of nitrogens with zero attached hydrogens (tertiary/aromatic N) is 2. The average molecular weight is 490 g/mol. The fourth-order valence-electron chi connectivity index (χ4n) is 4.39. The van der Waals surface area contributed by atoms with Crippen molar-refractivity contribution in [1.29, 1.82) is 0 Å². The minimum absolute atomic E-state index is 0.117. The maximum atomic E-state index is 13.2. The lowest BCUT2D eigenvalue weighted by molar-refractivity contribution is -0.114. The summed E-state index contributed by atoms with van der Waals surface area (Å²) in [7, 11) is 0. The number of carbonyl (C=O) groups is 2. The second-order valence-electron chi connectivity index (χ2n) is 8.86. The highest BCUT2D eigenvalue weighted by molar-refractivity contribution is 6.08. The molecule has 0 unspecified atom stereocenters. The molecule has 0 spiro atoms. The fourth-order valence-corrected chi connectivity index (χ4v) is 4.39. The first-order valence-corrected chi connectivity index (χ1v) is 11.9. The number of rotatable bonds is 7. The molecule has 0 atom stereocenters. The number of hydrogen-bond acceptors (Lipinski definition) is 6. The average Bonchev–Trinajstić information content (AvgIpc) is 2.83. The summed E-state index contributed by atoms with van der Waals surface area (Å²) in [6.45, 7) is 7.38. The number of hydrogen-bond donors (Lipinski definition) is 3. The Labute approximate surface area is 209 Å². The van der Waals surface area contributed by atoms with Gasteiger partial charge in [0, 0.05) is 49.7 Å². The fraction of sp³-hybridized carbons (Fsp3) is 0.296. The lowest BCUT2D eigenvalue weighted by Crippen LogP contribution is -2.36. The summed E-state index contributed by atoms with van der Waals surface area (Å²) in [6.07, 6.45) is 0. The molecule has 4 rings (SSSR count). The monoisotopic (exact) mass is 489 g/mol. The van der Waals surface area contributed by atoms with Crippen LogP contribution in [0.15, 0.2) is 59.4 Å². The van der Waals surface area contributed by atoms with Gasteiger partial charge in [-0.2, -0.15) is 0 Å². The van der Waals surface area contributed by atoms with Crippen molar-refractivity contribution in [2.45, 2.75) is 26.9 Å². The van der Waals surface area contributed by atoms with Crippen molar-refractivity contribution in [3.8, 4) is 0 Å². The molecule has 2 heterocycles. The van der Waals surface area contributed by atoms with Crippen molar-refractivity contribution in [2.75, 3.05) is 42.7 Å². The van der Waals surface area contributed by atoms with Crippen molar-refractivity contribution in [1.82, 2.24) is 9.47 Å². The van der Waals surface area contributed by atoms with E-state index in [-0.39, 0.29) is 22.7 Å². The van der Waals surface area contributed by atoms with E-state index in [0.29, 0.717) is 36.8 Å². The van der Waals surface area contributed by atoms with E-state index in [0.717, 1.165) is 30.8 Å². The van der Waals surface area contributed by atoms with Gasteiger partial charge in [-0.25, -0.2) is 0 Å². The van der Waals surface area contributed by atoms with Gasteiger partial charge in [0.25, 0.3) is 11.5 Å². The van der Waals surface area contributed by atoms with E-state index in [9.17, 15) is 14.4 Å². The highest BCUT2D eigenvalue weighted by Crippen LogP contribution is 2.21. The van der Waals surface area contributed by atoms with Crippen molar-refractivity contribution >= 4 is 28.9 Å². The number of nitrogens with one attached hydrogen (secondary N) is 2. The zero-order valence-electron chi connectivity index (χ0n) is 20.5. The minimum Gasteiger partial charge on any atom is -0.398 e. The molecule has 2 amide bonds. The van der Waals surface area contributed by atoms with Gasteiger partial charge in [0.1, 0.15) is 0 Å². The first kappa shape index (κ1) is 25.2. The number of benzene rings is 2. The van der Waals surface area contributed by atoms with E-state index in [1.807, 2.05) is 18.2 Å². The number of nitrogens with two attached hydrogens (primary N) is 1. The zero-order valence-corrected chi connectivity index (χ0v) is 20.5. The Morgan fingerprint density at radius 2 is 1.58 bits per heavy atom. The lowest BCUT2D eigenvalue weighted by Gasteiger charge is -2.27. The Bertz CT molecular complexity index is 1330. The van der Waals surface area contributed by atoms with Crippen LogP contribution in [0.5, 0.6) is 0 Å². The number of ether oxygens (including phenoxy) is 1. The van der Waals surface area contributed by atoms with E-state index in [4.69, 9.17) is 10.5 Å². The van der Waals surface area contributed by atoms with Crippen LogP contribution in [-0.4, -0.2) is 47.6 Å². The Morgan fingerprint density at radius 3 is 2.25 bits per heavy atom. The summed E-state index contributed by atoms with van der Waals surface area (Å²) >= 11 is 0. The highest BCUT2D eigenvalue weighted by atomic mass is 16.5. The smallest absolute Gasteiger partial charge is 0.259 e. The molecule has 1 aliphatic rings. The quantitative estimate of drug-likeness (QED) is 0.470. The molecule has 1 fully saturated rings. The Kier molecular flexibility index (Phi) is 7.82. The van der Waals surface area contributed by atoms with Crippen LogP contribution in [0.25, 0.3) is 0 Å². The topological polar surface area (TPSA) is 119 Å². The van der Waals surface area contributed by atoms with Crippen LogP contribution in [0.3, 0.4) is 0 Å². The third-order valence-electron chi connectivity index (χ3n) is 6.21. The number of pyridine rings is 1. The lowest BCUT2D eigenvalue weighted by atomic mass is 10.1. The van der Waals surface area contributed by atoms with E-state index in [1.165, 1.54) is 13.0 Å². The molecule has 2 aromatic carbocycles. The van der Waals surface area contributed by atoms with Crippen molar-refractivity contribution in [3.63, 3.8) is 0 Å². The third-order valence-corrected chi connectivity index (χ3v) is 6.21. The molecule has 0 bridgehead atoms. The minimum atomic E-state index is -0.430. The molecular formula is C27H31N5O4. The number of carbonyl (C=O) groups excluding carboxylic acids is 2. The van der Waals surface area contributed by atoms with Crippen LogP contribution >= 0.6 is 0 Å². The van der Waals surface area contributed by atoms with Gasteiger partial charge in [-0.05, 0) is 36.2 Å². The molecule has 1 saturated heterocycles. The van der Waals surface area contributed by atoms with Gasteiger partial charge in [0.05, 0.1) is 31.0 Å². The SMILES string of the molecule is CC(=O)Nc1cccc(NC(=O)c2c(N)cc(=O)n(Cc3ccccc3CN3CCOCC3)c2C)c1. The predicted octanol–water partition coefficient (Wildman–Crippen LogP) is 2.83. The second-order valence-corrected chi connectivity index (χ2v) is 8.86. The standard InChI is InChI=1S/C27H31N5O4/c1-18-26(27(35)30-23-9-5-8-22(14-23)29-19(2)33)24(28)15-25(34)32(18)17-21-7-4-3-6-20(21)16-31-10-12-36-13-11-31/h3-9,14-15H,10-13,16-17,28H2,1-2H3,(H,29,33)(H,30,35). The van der Waals surface area contributed by atoms with Gasteiger partial charge >= 0.3 is 0 Å². The summed E-state index contributed by atoms with van der Waals surface area (Å²) in [6, 6.07) is 16.1. The first-order valence-electron chi connectivity index (χ1n) is 11.9. The predicted molar refractivity (Wildman–Crippen MR) is 140 cm³/mol. The van der Waals surface area contributed by atoms with Crippen LogP contribution in [0.2, 0.25) is 0 Å². The van der Waals surface area contributed by atoms with Crippen LogP contribution in [0.4, 0.5) is 17.1 Å². The van der Waals surface area contributed by atoms with Gasteiger partial charge in [-0.3, -0.25) is 19.3 Å². The summed E-state index contributed by atoms with van der Waals surface area (Å²) < 4.78 is 7.03. The van der Waals surface area contributed by atoms with Gasteiger partial charge in [0.15, 0.2) is 0 Å². The second kappa shape index (κ2) is 11.2. The molecule has 0 saturated carbocycles. The van der Waals surface area contributed by atoms with Gasteiger partial charge in [-0.15, -0.1) is 0 Å². The molecule has 4 N–H and O–H groups in total. The first-order chi connectivity index (χ1) is 17.3. The summed E-state index contributed by atoms with van der Waals surface area (Å²) in [5.74, 6) is -0.639. The largest absolute Gasteiger partial charge is 0.398 e. The van der Waals surface area contributed by atoms with Crippen molar-refractivity contribution in [2.24, 2.45) is 0 Å². The molecule has 36 heavy (non-hydrogen) atoms. The maximum absolute atomic E-state index is 13.2. The Balaban J connectivity index is 1.60. The number of nitrogen functional groups attached to an aromatic ring is 1. The number of anilines is 3. The molecule has 1 aliphatic heterocycles. The number of morpholine rings is 1. The molecular weight excluding hydrogens is 458 g/mol. The number of amides is 2. The molecule has 1 aromatic heterocycles. The number of aromatic nitrogens is 1. The van der Waals surface area contributed by atoms with E-state index >= 15 is 0 Å². The van der Waals surface area contributed by atoms with Gasteiger partial charge in [-0.1, -0.05) is 30.3 Å². The van der Waals surface area contributed by atoms with E-state index in [2.05, 4.69) is 21.6 Å². The third kappa shape index (κ3) is 5.99. The van der Waals surface area contributed by atoms with Crippen LogP contribution in [-0.2, 0) is 22.6 Å². The summed E-state index contributed by atoms with van der Waals surface area (Å²) in [5.41, 5.74) is 9.91. The zero-order chi connectivity index (χ0) is 25.7. The molecule has 0 radical (unpaired) electrons. The van der Waals surface area contributed by atoms with Crippen LogP contribution < -0.4 is 21.9 Å². The van der Waals surface area contributed by atoms with Crippen LogP contribution in [0.1, 0.15) is 34.1 Å². The normalized spacial score (nSPS) is 13.8.